The van der Waals surface area contributed by atoms with Gasteiger partial charge < -0.3 is 28.4 Å². The van der Waals surface area contributed by atoms with Crippen LogP contribution in [-0.4, -0.2) is 37.1 Å². The predicted octanol–water partition coefficient (Wildman–Crippen LogP) is 18.3. The minimum Gasteiger partial charge on any atom is -0.494 e. The van der Waals surface area contributed by atoms with Crippen molar-refractivity contribution in [3.05, 3.63) is 108 Å². The molecule has 0 aliphatic heterocycles. The number of benzene rings is 4. The van der Waals surface area contributed by atoms with Crippen molar-refractivity contribution in [1.29, 1.82) is 0 Å². The molecule has 4 rings (SSSR count). The van der Waals surface area contributed by atoms with Crippen LogP contribution >= 0.6 is 0 Å². The molecule has 10 nitrogen and oxygen atoms in total. The number of rotatable bonds is 44. The van der Waals surface area contributed by atoms with Gasteiger partial charge in [-0.15, -0.1) is 0 Å². The van der Waals surface area contributed by atoms with Gasteiger partial charge in [-0.25, -0.2) is 9.59 Å². The van der Waals surface area contributed by atoms with Gasteiger partial charge in [0.2, 0.25) is 0 Å². The van der Waals surface area contributed by atoms with Crippen molar-refractivity contribution in [2.24, 2.45) is 0 Å². The Morgan fingerprint density at radius 1 is 0.267 bits per heavy atom. The summed E-state index contributed by atoms with van der Waals surface area (Å²) in [5, 5.41) is 0. The highest BCUT2D eigenvalue weighted by atomic mass is 16.5. The summed E-state index contributed by atoms with van der Waals surface area (Å²) in [5.41, 5.74) is 0.835. The zero-order valence-electron chi connectivity index (χ0n) is 46.1. The molecule has 0 saturated heterocycles. The number of carbonyl (C=O) groups is 4. The van der Waals surface area contributed by atoms with E-state index in [1.807, 2.05) is 0 Å². The van der Waals surface area contributed by atoms with Crippen LogP contribution in [0.2, 0.25) is 0 Å². The summed E-state index contributed by atoms with van der Waals surface area (Å²) >= 11 is 0. The molecule has 0 unspecified atom stereocenters. The Balaban J connectivity index is 0.957. The highest BCUT2D eigenvalue weighted by Crippen LogP contribution is 2.24. The van der Waals surface area contributed by atoms with Crippen LogP contribution in [0.15, 0.2) is 97.1 Å². The molecule has 4 aromatic carbocycles. The van der Waals surface area contributed by atoms with E-state index in [0.29, 0.717) is 60.2 Å². The predicted molar refractivity (Wildman–Crippen MR) is 302 cm³/mol. The van der Waals surface area contributed by atoms with E-state index in [2.05, 4.69) is 13.8 Å². The van der Waals surface area contributed by atoms with E-state index < -0.39 is 11.9 Å². The molecule has 0 fully saturated rings. The van der Waals surface area contributed by atoms with Crippen molar-refractivity contribution in [3.63, 3.8) is 0 Å². The third kappa shape index (κ3) is 29.9. The molecule has 4 aromatic rings. The monoisotopic (exact) mass is 1030 g/mol. The average Bonchev–Trinajstić information content (AvgIpc) is 3.42. The van der Waals surface area contributed by atoms with Gasteiger partial charge in [0, 0.05) is 12.8 Å². The van der Waals surface area contributed by atoms with Crippen molar-refractivity contribution >= 4 is 23.9 Å². The molecule has 75 heavy (non-hydrogen) atoms. The molecular weight excluding hydrogens is 941 g/mol. The van der Waals surface area contributed by atoms with E-state index in [4.69, 9.17) is 28.4 Å². The molecule has 0 N–H and O–H groups in total. The van der Waals surface area contributed by atoms with Gasteiger partial charge in [0.1, 0.15) is 34.5 Å². The maximum atomic E-state index is 12.8. The Morgan fingerprint density at radius 3 is 0.773 bits per heavy atom. The molecule has 0 bridgehead atoms. The molecule has 0 amide bonds. The fraction of sp³-hybridized carbons (Fsp3) is 0.569. The van der Waals surface area contributed by atoms with Gasteiger partial charge in [-0.2, -0.15) is 0 Å². The Hall–Kier alpha value is -5.64. The van der Waals surface area contributed by atoms with Crippen LogP contribution in [0.5, 0.6) is 34.5 Å². The van der Waals surface area contributed by atoms with Crippen LogP contribution in [0.25, 0.3) is 0 Å². The van der Waals surface area contributed by atoms with Gasteiger partial charge in [0.05, 0.1) is 24.3 Å². The summed E-state index contributed by atoms with van der Waals surface area (Å²) in [4.78, 5) is 50.5. The second-order valence-electron chi connectivity index (χ2n) is 20.2. The van der Waals surface area contributed by atoms with Crippen molar-refractivity contribution < 1.29 is 47.6 Å². The number of ether oxygens (including phenoxy) is 6. The van der Waals surface area contributed by atoms with E-state index in [0.717, 1.165) is 43.6 Å². The lowest BCUT2D eigenvalue weighted by molar-refractivity contribution is -0.135. The standard InChI is InChI=1S/C65H92O10/c1-3-5-7-9-11-13-15-17-19-21-23-28-32-52-70-56-40-36-54(37-41-56)64(68)74-60-48-44-58(45-49-60)72-62(66)34-30-26-25-27-31-35-63(67)73-59-46-50-61(51-47-59)75-65(69)55-38-42-57(43-39-55)71-53-33-29-24-22-20-18-16-14-12-10-8-6-4-2/h36-51H,3-35,52-53H2,1-2H3. The van der Waals surface area contributed by atoms with Crippen LogP contribution in [0.3, 0.4) is 0 Å². The summed E-state index contributed by atoms with van der Waals surface area (Å²) in [7, 11) is 0. The highest BCUT2D eigenvalue weighted by molar-refractivity contribution is 5.91. The molecular formula is C65H92O10. The first kappa shape index (κ1) is 61.9. The summed E-state index contributed by atoms with van der Waals surface area (Å²) in [6, 6.07) is 26.8. The molecule has 0 atom stereocenters. The van der Waals surface area contributed by atoms with Crippen molar-refractivity contribution in [2.45, 2.75) is 226 Å². The Kier molecular flexibility index (Phi) is 33.5. The lowest BCUT2D eigenvalue weighted by Crippen LogP contribution is -2.09. The largest absolute Gasteiger partial charge is 0.494 e. The topological polar surface area (TPSA) is 124 Å². The average molecular weight is 1030 g/mol. The fourth-order valence-electron chi connectivity index (χ4n) is 8.91. The first-order valence-electron chi connectivity index (χ1n) is 29.3. The van der Waals surface area contributed by atoms with Gasteiger partial charge in [-0.1, -0.05) is 187 Å². The van der Waals surface area contributed by atoms with Crippen molar-refractivity contribution in [1.82, 2.24) is 0 Å². The summed E-state index contributed by atoms with van der Waals surface area (Å²) in [6.07, 6.45) is 38.5. The molecule has 0 spiro atoms. The molecule has 0 aromatic heterocycles. The maximum absolute atomic E-state index is 12.8. The second kappa shape index (κ2) is 40.6. The SMILES string of the molecule is CCCCCCCCCCCCCCCOc1ccc(C(=O)Oc2ccc(OC(=O)CCCCCCCC(=O)Oc3ccc(OC(=O)c4ccc(OCCCCCCCCCCCCCCC)cc4)cc3)cc2)cc1. The second-order valence-corrected chi connectivity index (χ2v) is 20.2. The summed E-state index contributed by atoms with van der Waals surface area (Å²) < 4.78 is 33.8. The fourth-order valence-corrected chi connectivity index (χ4v) is 8.91. The van der Waals surface area contributed by atoms with E-state index in [1.165, 1.54) is 154 Å². The minimum absolute atomic E-state index is 0.268. The van der Waals surface area contributed by atoms with Crippen LogP contribution in [0.1, 0.15) is 246 Å². The van der Waals surface area contributed by atoms with Crippen molar-refractivity contribution in [3.8, 4) is 34.5 Å². The molecule has 0 aliphatic rings. The first-order valence-corrected chi connectivity index (χ1v) is 29.3. The number of carbonyl (C=O) groups excluding carboxylic acids is 4. The van der Waals surface area contributed by atoms with Crippen LogP contribution in [-0.2, 0) is 9.59 Å². The number of esters is 4. The lowest BCUT2D eigenvalue weighted by atomic mass is 10.0. The van der Waals surface area contributed by atoms with E-state index in [-0.39, 0.29) is 24.8 Å². The zero-order valence-corrected chi connectivity index (χ0v) is 46.1. The zero-order chi connectivity index (χ0) is 53.2. The number of unbranched alkanes of at least 4 members (excludes halogenated alkanes) is 28. The molecule has 0 aliphatic carbocycles. The third-order valence-corrected chi connectivity index (χ3v) is 13.5. The maximum Gasteiger partial charge on any atom is 0.343 e. The smallest absolute Gasteiger partial charge is 0.343 e. The quantitative estimate of drug-likeness (QED) is 0.0240. The van der Waals surface area contributed by atoms with Gasteiger partial charge in [0.15, 0.2) is 0 Å². The van der Waals surface area contributed by atoms with Crippen LogP contribution < -0.4 is 28.4 Å². The van der Waals surface area contributed by atoms with Gasteiger partial charge in [-0.3, -0.25) is 9.59 Å². The van der Waals surface area contributed by atoms with Gasteiger partial charge >= 0.3 is 23.9 Å². The summed E-state index contributed by atoms with van der Waals surface area (Å²) in [5.74, 6) is 1.27. The van der Waals surface area contributed by atoms with Crippen molar-refractivity contribution in [2.75, 3.05) is 13.2 Å². The van der Waals surface area contributed by atoms with Gasteiger partial charge in [-0.05, 0) is 123 Å². The first-order chi connectivity index (χ1) is 36.8. The van der Waals surface area contributed by atoms with Crippen LogP contribution in [0, 0.1) is 0 Å². The number of hydrogen-bond donors (Lipinski definition) is 0. The van der Waals surface area contributed by atoms with E-state index in [1.54, 1.807) is 97.1 Å². The minimum atomic E-state index is -0.482. The Labute approximate surface area is 451 Å². The highest BCUT2D eigenvalue weighted by Gasteiger charge is 2.13. The molecule has 0 saturated carbocycles. The molecule has 0 radical (unpaired) electrons. The molecule has 412 valence electrons. The molecule has 0 heterocycles. The van der Waals surface area contributed by atoms with Gasteiger partial charge in [0.25, 0.3) is 0 Å². The summed E-state index contributed by atoms with van der Waals surface area (Å²) in [6.45, 7) is 5.85. The van der Waals surface area contributed by atoms with E-state index in [9.17, 15) is 19.2 Å². The van der Waals surface area contributed by atoms with Crippen LogP contribution in [0.4, 0.5) is 0 Å². The lowest BCUT2D eigenvalue weighted by Gasteiger charge is -2.09. The number of hydrogen-bond acceptors (Lipinski definition) is 10. The Morgan fingerprint density at radius 2 is 0.493 bits per heavy atom. The third-order valence-electron chi connectivity index (χ3n) is 13.5. The van der Waals surface area contributed by atoms with E-state index >= 15 is 0 Å². The normalized spacial score (nSPS) is 11.0. The molecule has 10 heteroatoms. The Bertz CT molecular complexity index is 1950.